The molecule has 2 unspecified atom stereocenters. The molecule has 0 aliphatic carbocycles. The molecule has 0 aliphatic heterocycles. The van der Waals surface area contributed by atoms with Gasteiger partial charge in [-0.1, -0.05) is 51.1 Å². The lowest BCUT2D eigenvalue weighted by atomic mass is 10.0. The second-order valence-corrected chi connectivity index (χ2v) is 6.07. The summed E-state index contributed by atoms with van der Waals surface area (Å²) in [7, 11) is 0. The zero-order chi connectivity index (χ0) is 15.2. The Labute approximate surface area is 126 Å². The lowest BCUT2D eigenvalue weighted by Gasteiger charge is -2.19. The minimum atomic E-state index is 0.217. The van der Waals surface area contributed by atoms with Gasteiger partial charge in [-0.05, 0) is 37.1 Å². The molecule has 0 spiro atoms. The van der Waals surface area contributed by atoms with Crippen molar-refractivity contribution in [3.63, 3.8) is 0 Å². The lowest BCUT2D eigenvalue weighted by molar-refractivity contribution is 0.301. The maximum atomic E-state index is 4.51. The van der Waals surface area contributed by atoms with Gasteiger partial charge in [0.2, 0.25) is 5.82 Å². The van der Waals surface area contributed by atoms with Crippen LogP contribution in [0, 0.1) is 11.8 Å². The van der Waals surface area contributed by atoms with Gasteiger partial charge in [0.05, 0.1) is 6.04 Å². The maximum absolute atomic E-state index is 4.51. The average molecular weight is 287 g/mol. The van der Waals surface area contributed by atoms with Gasteiger partial charge in [-0.25, -0.2) is 0 Å². The molecule has 0 aliphatic rings. The lowest BCUT2D eigenvalue weighted by Crippen LogP contribution is -2.30. The molecule has 1 heterocycles. The number of hydrogen-bond acceptors (Lipinski definition) is 4. The van der Waals surface area contributed by atoms with Crippen LogP contribution in [-0.4, -0.2) is 33.3 Å². The fourth-order valence-corrected chi connectivity index (χ4v) is 2.10. The summed E-state index contributed by atoms with van der Waals surface area (Å²) >= 11 is 0. The van der Waals surface area contributed by atoms with E-state index in [1.54, 1.807) is 4.80 Å². The minimum absolute atomic E-state index is 0.217. The van der Waals surface area contributed by atoms with Gasteiger partial charge in [-0.15, -0.1) is 10.2 Å². The fourth-order valence-electron chi connectivity index (χ4n) is 2.10. The third-order valence-corrected chi connectivity index (χ3v) is 3.67. The summed E-state index contributed by atoms with van der Waals surface area (Å²) in [6, 6.07) is 10.2. The van der Waals surface area contributed by atoms with E-state index in [2.05, 4.69) is 48.4 Å². The second kappa shape index (κ2) is 7.31. The first-order valence-corrected chi connectivity index (χ1v) is 7.63. The molecule has 2 aromatic rings. The molecule has 0 amide bonds. The normalized spacial score (nSPS) is 14.3. The number of nitrogens with zero attached hydrogens (tertiary/aromatic N) is 4. The SMILES string of the molecule is CC(C)CNCC(C)C(C)n1nnc(-c2ccccc2)n1. The summed E-state index contributed by atoms with van der Waals surface area (Å²) in [6.45, 7) is 10.8. The van der Waals surface area contributed by atoms with Crippen molar-refractivity contribution in [1.82, 2.24) is 25.5 Å². The van der Waals surface area contributed by atoms with Crippen LogP contribution in [0.15, 0.2) is 30.3 Å². The minimum Gasteiger partial charge on any atom is -0.316 e. The topological polar surface area (TPSA) is 55.6 Å². The van der Waals surface area contributed by atoms with Crippen molar-refractivity contribution in [3.05, 3.63) is 30.3 Å². The van der Waals surface area contributed by atoms with E-state index >= 15 is 0 Å². The monoisotopic (exact) mass is 287 g/mol. The Morgan fingerprint density at radius 2 is 1.76 bits per heavy atom. The molecule has 21 heavy (non-hydrogen) atoms. The Balaban J connectivity index is 1.97. The molecule has 0 saturated heterocycles. The largest absolute Gasteiger partial charge is 0.316 e. The van der Waals surface area contributed by atoms with Gasteiger partial charge >= 0.3 is 0 Å². The number of nitrogens with one attached hydrogen (secondary N) is 1. The third kappa shape index (κ3) is 4.36. The van der Waals surface area contributed by atoms with E-state index in [0.29, 0.717) is 17.7 Å². The Bertz CT molecular complexity index is 535. The van der Waals surface area contributed by atoms with Gasteiger partial charge in [0.15, 0.2) is 0 Å². The van der Waals surface area contributed by atoms with Crippen LogP contribution < -0.4 is 5.32 Å². The Hall–Kier alpha value is -1.75. The van der Waals surface area contributed by atoms with Crippen molar-refractivity contribution in [3.8, 4) is 11.4 Å². The predicted octanol–water partition coefficient (Wildman–Crippen LogP) is 2.78. The van der Waals surface area contributed by atoms with Crippen molar-refractivity contribution in [2.24, 2.45) is 11.8 Å². The summed E-state index contributed by atoms with van der Waals surface area (Å²) in [5.74, 6) is 1.80. The van der Waals surface area contributed by atoms with E-state index in [1.807, 2.05) is 30.3 Å². The molecule has 2 rings (SSSR count). The van der Waals surface area contributed by atoms with E-state index in [9.17, 15) is 0 Å². The maximum Gasteiger partial charge on any atom is 0.204 e. The predicted molar refractivity (Wildman–Crippen MR) is 84.8 cm³/mol. The van der Waals surface area contributed by atoms with E-state index in [-0.39, 0.29) is 6.04 Å². The zero-order valence-corrected chi connectivity index (χ0v) is 13.3. The standard InChI is InChI=1S/C16H25N5/c1-12(2)10-17-11-13(3)14(4)21-19-16(18-20-21)15-8-6-5-7-9-15/h5-9,12-14,17H,10-11H2,1-4H3. The molecule has 1 N–H and O–H groups in total. The van der Waals surface area contributed by atoms with Gasteiger partial charge in [0.25, 0.3) is 0 Å². The molecule has 0 bridgehead atoms. The summed E-state index contributed by atoms with van der Waals surface area (Å²) < 4.78 is 0. The van der Waals surface area contributed by atoms with Crippen LogP contribution in [0.4, 0.5) is 0 Å². The molecule has 2 atom stereocenters. The van der Waals surface area contributed by atoms with Crippen molar-refractivity contribution >= 4 is 0 Å². The highest BCUT2D eigenvalue weighted by Crippen LogP contribution is 2.17. The summed E-state index contributed by atoms with van der Waals surface area (Å²) in [4.78, 5) is 1.73. The third-order valence-electron chi connectivity index (χ3n) is 3.67. The summed E-state index contributed by atoms with van der Waals surface area (Å²) in [5, 5.41) is 16.4. The summed E-state index contributed by atoms with van der Waals surface area (Å²) in [6.07, 6.45) is 0. The molecular weight excluding hydrogens is 262 g/mol. The quantitative estimate of drug-likeness (QED) is 0.851. The number of aromatic nitrogens is 4. The van der Waals surface area contributed by atoms with Gasteiger partial charge in [0.1, 0.15) is 0 Å². The van der Waals surface area contributed by atoms with Crippen molar-refractivity contribution < 1.29 is 0 Å². The number of rotatable bonds is 7. The van der Waals surface area contributed by atoms with E-state index < -0.39 is 0 Å². The number of benzene rings is 1. The highest BCUT2D eigenvalue weighted by Gasteiger charge is 2.17. The van der Waals surface area contributed by atoms with Crippen LogP contribution in [-0.2, 0) is 0 Å². The van der Waals surface area contributed by atoms with E-state index in [1.165, 1.54) is 0 Å². The molecule has 1 aromatic heterocycles. The van der Waals surface area contributed by atoms with Crippen LogP contribution >= 0.6 is 0 Å². The molecule has 5 heteroatoms. The van der Waals surface area contributed by atoms with Gasteiger partial charge in [-0.2, -0.15) is 4.80 Å². The first kappa shape index (κ1) is 15.6. The average Bonchev–Trinajstić information content (AvgIpc) is 2.96. The number of tetrazole rings is 1. The Morgan fingerprint density at radius 1 is 1.05 bits per heavy atom. The highest BCUT2D eigenvalue weighted by atomic mass is 15.6. The van der Waals surface area contributed by atoms with Crippen molar-refractivity contribution in [1.29, 1.82) is 0 Å². The Morgan fingerprint density at radius 3 is 2.43 bits per heavy atom. The molecule has 5 nitrogen and oxygen atoms in total. The first-order valence-electron chi connectivity index (χ1n) is 7.63. The smallest absolute Gasteiger partial charge is 0.204 e. The zero-order valence-electron chi connectivity index (χ0n) is 13.3. The van der Waals surface area contributed by atoms with Crippen LogP contribution in [0.3, 0.4) is 0 Å². The van der Waals surface area contributed by atoms with Crippen molar-refractivity contribution in [2.45, 2.75) is 33.7 Å². The van der Waals surface area contributed by atoms with Gasteiger partial charge in [0, 0.05) is 5.56 Å². The van der Waals surface area contributed by atoms with E-state index in [0.717, 1.165) is 18.7 Å². The van der Waals surface area contributed by atoms with Crippen molar-refractivity contribution in [2.75, 3.05) is 13.1 Å². The Kier molecular flexibility index (Phi) is 5.44. The van der Waals surface area contributed by atoms with E-state index in [4.69, 9.17) is 0 Å². The molecule has 0 saturated carbocycles. The summed E-state index contributed by atoms with van der Waals surface area (Å²) in [5.41, 5.74) is 1.00. The fraction of sp³-hybridized carbons (Fsp3) is 0.562. The number of hydrogen-bond donors (Lipinski definition) is 1. The molecular formula is C16H25N5. The second-order valence-electron chi connectivity index (χ2n) is 6.07. The molecule has 0 fully saturated rings. The van der Waals surface area contributed by atoms with Crippen LogP contribution in [0.25, 0.3) is 11.4 Å². The van der Waals surface area contributed by atoms with Gasteiger partial charge < -0.3 is 5.32 Å². The van der Waals surface area contributed by atoms with Crippen LogP contribution in [0.5, 0.6) is 0 Å². The highest BCUT2D eigenvalue weighted by molar-refractivity contribution is 5.52. The first-order chi connectivity index (χ1) is 10.1. The van der Waals surface area contributed by atoms with Crippen LogP contribution in [0.1, 0.15) is 33.7 Å². The van der Waals surface area contributed by atoms with Crippen LogP contribution in [0.2, 0.25) is 0 Å². The molecule has 0 radical (unpaired) electrons. The molecule has 1 aromatic carbocycles. The molecule has 114 valence electrons. The van der Waals surface area contributed by atoms with Gasteiger partial charge in [-0.3, -0.25) is 0 Å².